The Morgan fingerprint density at radius 1 is 1.22 bits per heavy atom. The second-order valence-corrected chi connectivity index (χ2v) is 4.31. The fourth-order valence-electron chi connectivity index (χ4n) is 1.54. The summed E-state index contributed by atoms with van der Waals surface area (Å²) in [5.41, 5.74) is 1.81. The summed E-state index contributed by atoms with van der Waals surface area (Å²) < 4.78 is 0. The predicted molar refractivity (Wildman–Crippen MR) is 70.9 cm³/mol. The lowest BCUT2D eigenvalue weighted by Crippen LogP contribution is -2.15. The molecule has 0 aliphatic rings. The van der Waals surface area contributed by atoms with E-state index in [-0.39, 0.29) is 5.91 Å². The van der Waals surface area contributed by atoms with Gasteiger partial charge >= 0.3 is 0 Å². The Labute approximate surface area is 110 Å². The third kappa shape index (κ3) is 2.84. The number of hydrogen-bond donors (Lipinski definition) is 1. The molecule has 2 rings (SSSR count). The van der Waals surface area contributed by atoms with Crippen molar-refractivity contribution < 1.29 is 4.79 Å². The first kappa shape index (κ1) is 12.5. The molecule has 0 fully saturated rings. The maximum absolute atomic E-state index is 12.0. The minimum absolute atomic E-state index is 0.227. The molecular weight excluding hydrogens is 250 g/mol. The number of carbonyl (C=O) groups excluding carboxylic acids is 1. The molecular formula is C13H12ClN3O. The molecule has 1 heterocycles. The second-order valence-electron chi connectivity index (χ2n) is 3.88. The quantitative estimate of drug-likeness (QED) is 0.904. The molecule has 1 aromatic carbocycles. The van der Waals surface area contributed by atoms with Gasteiger partial charge in [0.25, 0.3) is 5.91 Å². The standard InChI is InChI=1S/C13H12ClN3O/c1-8-12(7-15-9(2)16-8)13(18)17-11-5-3-10(14)4-6-11/h3-7H,1-2H3,(H,17,18). The van der Waals surface area contributed by atoms with Gasteiger partial charge in [0.2, 0.25) is 0 Å². The summed E-state index contributed by atoms with van der Waals surface area (Å²) in [6.45, 7) is 3.57. The van der Waals surface area contributed by atoms with E-state index in [2.05, 4.69) is 15.3 Å². The first-order valence-electron chi connectivity index (χ1n) is 5.43. The van der Waals surface area contributed by atoms with E-state index in [9.17, 15) is 4.79 Å². The summed E-state index contributed by atoms with van der Waals surface area (Å²) in [7, 11) is 0. The Bertz CT molecular complexity index is 581. The zero-order valence-corrected chi connectivity index (χ0v) is 10.8. The van der Waals surface area contributed by atoms with Crippen molar-refractivity contribution in [3.8, 4) is 0 Å². The van der Waals surface area contributed by atoms with Crippen molar-refractivity contribution in [1.82, 2.24) is 9.97 Å². The molecule has 0 unspecified atom stereocenters. The number of anilines is 1. The summed E-state index contributed by atoms with van der Waals surface area (Å²) in [5, 5.41) is 3.40. The Balaban J connectivity index is 2.19. The fraction of sp³-hybridized carbons (Fsp3) is 0.154. The van der Waals surface area contributed by atoms with Crippen LogP contribution in [0, 0.1) is 13.8 Å². The van der Waals surface area contributed by atoms with E-state index < -0.39 is 0 Å². The van der Waals surface area contributed by atoms with Crippen molar-refractivity contribution in [2.45, 2.75) is 13.8 Å². The number of halogens is 1. The molecule has 2 aromatic rings. The third-order valence-electron chi connectivity index (χ3n) is 2.45. The van der Waals surface area contributed by atoms with Crippen molar-refractivity contribution in [2.75, 3.05) is 5.32 Å². The number of hydrogen-bond acceptors (Lipinski definition) is 3. The Kier molecular flexibility index (Phi) is 3.58. The van der Waals surface area contributed by atoms with Crippen LogP contribution in [0.2, 0.25) is 5.02 Å². The Hall–Kier alpha value is -1.94. The van der Waals surface area contributed by atoms with Gasteiger partial charge in [-0.1, -0.05) is 11.6 Å². The van der Waals surface area contributed by atoms with Crippen LogP contribution in [0.4, 0.5) is 5.69 Å². The van der Waals surface area contributed by atoms with E-state index in [0.29, 0.717) is 27.8 Å². The summed E-state index contributed by atoms with van der Waals surface area (Å²) >= 11 is 5.78. The molecule has 0 atom stereocenters. The highest BCUT2D eigenvalue weighted by molar-refractivity contribution is 6.30. The van der Waals surface area contributed by atoms with Crippen LogP contribution in [0.15, 0.2) is 30.5 Å². The van der Waals surface area contributed by atoms with Gasteiger partial charge in [-0.15, -0.1) is 0 Å². The minimum Gasteiger partial charge on any atom is -0.322 e. The van der Waals surface area contributed by atoms with E-state index in [1.54, 1.807) is 38.1 Å². The molecule has 0 aliphatic heterocycles. The molecule has 0 aliphatic carbocycles. The van der Waals surface area contributed by atoms with Crippen molar-refractivity contribution >= 4 is 23.2 Å². The van der Waals surface area contributed by atoms with Gasteiger partial charge in [-0.3, -0.25) is 4.79 Å². The third-order valence-corrected chi connectivity index (χ3v) is 2.70. The van der Waals surface area contributed by atoms with Crippen LogP contribution >= 0.6 is 11.6 Å². The summed E-state index contributed by atoms with van der Waals surface area (Å²) in [4.78, 5) is 20.2. The van der Waals surface area contributed by atoms with Gasteiger partial charge in [-0.05, 0) is 38.1 Å². The van der Waals surface area contributed by atoms with E-state index in [4.69, 9.17) is 11.6 Å². The molecule has 0 spiro atoms. The predicted octanol–water partition coefficient (Wildman–Crippen LogP) is 3.00. The molecule has 1 N–H and O–H groups in total. The number of rotatable bonds is 2. The number of nitrogens with one attached hydrogen (secondary N) is 1. The normalized spacial score (nSPS) is 10.2. The first-order chi connectivity index (χ1) is 8.56. The summed E-state index contributed by atoms with van der Waals surface area (Å²) in [6, 6.07) is 6.92. The molecule has 1 aromatic heterocycles. The lowest BCUT2D eigenvalue weighted by Gasteiger charge is -2.07. The number of aryl methyl sites for hydroxylation is 2. The van der Waals surface area contributed by atoms with Crippen LogP contribution < -0.4 is 5.32 Å². The number of carbonyl (C=O) groups is 1. The lowest BCUT2D eigenvalue weighted by atomic mass is 10.2. The largest absolute Gasteiger partial charge is 0.322 e. The van der Waals surface area contributed by atoms with Gasteiger partial charge in [0.1, 0.15) is 5.82 Å². The number of aromatic nitrogens is 2. The van der Waals surface area contributed by atoms with Gasteiger partial charge < -0.3 is 5.32 Å². The van der Waals surface area contributed by atoms with Gasteiger partial charge in [0.15, 0.2) is 0 Å². The van der Waals surface area contributed by atoms with Crippen LogP contribution in [0.5, 0.6) is 0 Å². The molecule has 18 heavy (non-hydrogen) atoms. The average molecular weight is 262 g/mol. The van der Waals surface area contributed by atoms with Crippen LogP contribution in [-0.4, -0.2) is 15.9 Å². The molecule has 1 amide bonds. The van der Waals surface area contributed by atoms with Crippen molar-refractivity contribution in [1.29, 1.82) is 0 Å². The molecule has 0 saturated carbocycles. The first-order valence-corrected chi connectivity index (χ1v) is 5.81. The van der Waals surface area contributed by atoms with Gasteiger partial charge in [-0.25, -0.2) is 9.97 Å². The van der Waals surface area contributed by atoms with Gasteiger partial charge in [0, 0.05) is 16.9 Å². The van der Waals surface area contributed by atoms with E-state index in [1.807, 2.05) is 0 Å². The zero-order valence-electron chi connectivity index (χ0n) is 10.1. The summed E-state index contributed by atoms with van der Waals surface area (Å²) in [5.74, 6) is 0.422. The SMILES string of the molecule is Cc1ncc(C(=O)Nc2ccc(Cl)cc2)c(C)n1. The monoisotopic (exact) mass is 261 g/mol. The molecule has 92 valence electrons. The highest BCUT2D eigenvalue weighted by Crippen LogP contribution is 2.15. The molecule has 0 radical (unpaired) electrons. The fourth-order valence-corrected chi connectivity index (χ4v) is 1.66. The van der Waals surface area contributed by atoms with Crippen molar-refractivity contribution in [3.63, 3.8) is 0 Å². The maximum Gasteiger partial charge on any atom is 0.259 e. The van der Waals surface area contributed by atoms with E-state index in [0.717, 1.165) is 0 Å². The van der Waals surface area contributed by atoms with Crippen LogP contribution in [-0.2, 0) is 0 Å². The Morgan fingerprint density at radius 3 is 2.50 bits per heavy atom. The summed E-state index contributed by atoms with van der Waals surface area (Å²) in [6.07, 6.45) is 1.53. The molecule has 4 nitrogen and oxygen atoms in total. The molecule has 0 saturated heterocycles. The van der Waals surface area contributed by atoms with E-state index >= 15 is 0 Å². The Morgan fingerprint density at radius 2 is 1.89 bits per heavy atom. The van der Waals surface area contributed by atoms with E-state index in [1.165, 1.54) is 6.20 Å². The molecule has 5 heteroatoms. The average Bonchev–Trinajstić information content (AvgIpc) is 2.32. The van der Waals surface area contributed by atoms with Crippen molar-refractivity contribution in [2.24, 2.45) is 0 Å². The zero-order chi connectivity index (χ0) is 13.1. The number of benzene rings is 1. The lowest BCUT2D eigenvalue weighted by molar-refractivity contribution is 0.102. The highest BCUT2D eigenvalue weighted by atomic mass is 35.5. The smallest absolute Gasteiger partial charge is 0.259 e. The molecule has 0 bridgehead atoms. The van der Waals surface area contributed by atoms with Crippen LogP contribution in [0.25, 0.3) is 0 Å². The van der Waals surface area contributed by atoms with Crippen LogP contribution in [0.1, 0.15) is 21.9 Å². The van der Waals surface area contributed by atoms with Crippen LogP contribution in [0.3, 0.4) is 0 Å². The van der Waals surface area contributed by atoms with Gasteiger partial charge in [-0.2, -0.15) is 0 Å². The minimum atomic E-state index is -0.227. The second kappa shape index (κ2) is 5.14. The number of amides is 1. The van der Waals surface area contributed by atoms with Gasteiger partial charge in [0.05, 0.1) is 11.3 Å². The topological polar surface area (TPSA) is 54.9 Å². The maximum atomic E-state index is 12.0. The van der Waals surface area contributed by atoms with Crippen molar-refractivity contribution in [3.05, 3.63) is 52.6 Å². The highest BCUT2D eigenvalue weighted by Gasteiger charge is 2.10. The number of nitrogens with zero attached hydrogens (tertiary/aromatic N) is 2.